The van der Waals surface area contributed by atoms with Crippen LogP contribution in [0.4, 0.5) is 11.4 Å². The van der Waals surface area contributed by atoms with Crippen molar-refractivity contribution in [1.82, 2.24) is 0 Å². The van der Waals surface area contributed by atoms with E-state index in [2.05, 4.69) is 0 Å². The molecule has 3 aromatic rings. The van der Waals surface area contributed by atoms with Crippen molar-refractivity contribution in [2.24, 2.45) is 0 Å². The minimum Gasteiger partial charge on any atom is -0.497 e. The maximum atomic E-state index is 13.1. The van der Waals surface area contributed by atoms with E-state index >= 15 is 0 Å². The molecule has 0 saturated heterocycles. The maximum absolute atomic E-state index is 13.1. The number of carbonyl (C=O) groups is 2. The van der Waals surface area contributed by atoms with Crippen LogP contribution in [0.25, 0.3) is 0 Å². The normalized spacial score (nSPS) is 12.2. The third-order valence-electron chi connectivity index (χ3n) is 5.15. The molecule has 1 aliphatic rings. The van der Waals surface area contributed by atoms with Gasteiger partial charge in [-0.25, -0.2) is 4.79 Å². The second-order valence-corrected chi connectivity index (χ2v) is 7.11. The highest BCUT2D eigenvalue weighted by molar-refractivity contribution is 6.03. The van der Waals surface area contributed by atoms with Gasteiger partial charge in [0, 0.05) is 0 Å². The fourth-order valence-corrected chi connectivity index (χ4v) is 3.61. The van der Waals surface area contributed by atoms with Gasteiger partial charge in [0.15, 0.2) is 13.2 Å². The van der Waals surface area contributed by atoms with E-state index in [9.17, 15) is 9.59 Å². The third kappa shape index (κ3) is 4.69. The topological polar surface area (TPSA) is 65.1 Å². The standard InChI is InChI=1S/C25H23NO5/c1-29-20-12-14-21(15-13-20)30-17-25(28)31-16-24(27)26-22-8-4-2-6-18(22)10-11-19-7-3-5-9-23(19)26/h2-9,12-15H,10-11,16-17H2,1H3. The lowest BCUT2D eigenvalue weighted by Gasteiger charge is -2.24. The molecule has 6 nitrogen and oxygen atoms in total. The molecule has 4 rings (SSSR count). The maximum Gasteiger partial charge on any atom is 0.344 e. The average molecular weight is 417 g/mol. The van der Waals surface area contributed by atoms with Crippen LogP contribution in [0, 0.1) is 0 Å². The lowest BCUT2D eigenvalue weighted by Crippen LogP contribution is -2.32. The molecule has 0 aliphatic carbocycles. The fourth-order valence-electron chi connectivity index (χ4n) is 3.61. The predicted molar refractivity (Wildman–Crippen MR) is 117 cm³/mol. The van der Waals surface area contributed by atoms with Crippen molar-refractivity contribution in [2.45, 2.75) is 12.8 Å². The van der Waals surface area contributed by atoms with Crippen molar-refractivity contribution in [3.05, 3.63) is 83.9 Å². The number of rotatable bonds is 6. The average Bonchev–Trinajstić information content (AvgIpc) is 2.98. The molecule has 0 radical (unpaired) electrons. The molecular formula is C25H23NO5. The summed E-state index contributed by atoms with van der Waals surface area (Å²) in [7, 11) is 1.57. The molecule has 1 heterocycles. The molecule has 0 saturated carbocycles. The van der Waals surface area contributed by atoms with Crippen LogP contribution < -0.4 is 14.4 Å². The third-order valence-corrected chi connectivity index (χ3v) is 5.15. The van der Waals surface area contributed by atoms with Crippen molar-refractivity contribution in [3.8, 4) is 11.5 Å². The number of nitrogens with zero attached hydrogens (tertiary/aromatic N) is 1. The minimum absolute atomic E-state index is 0.285. The van der Waals surface area contributed by atoms with Gasteiger partial charge in [-0.15, -0.1) is 0 Å². The Bertz CT molecular complexity index is 1030. The Balaban J connectivity index is 1.42. The first-order valence-electron chi connectivity index (χ1n) is 10.1. The number of benzene rings is 3. The molecule has 0 unspecified atom stereocenters. The number of anilines is 2. The fraction of sp³-hybridized carbons (Fsp3) is 0.200. The molecule has 158 valence electrons. The smallest absolute Gasteiger partial charge is 0.344 e. The van der Waals surface area contributed by atoms with Crippen LogP contribution in [0.15, 0.2) is 72.8 Å². The van der Waals surface area contributed by atoms with E-state index in [1.54, 1.807) is 36.3 Å². The van der Waals surface area contributed by atoms with E-state index in [0.717, 1.165) is 35.3 Å². The van der Waals surface area contributed by atoms with Gasteiger partial charge in [-0.1, -0.05) is 36.4 Å². The number of amides is 1. The molecule has 3 aromatic carbocycles. The van der Waals surface area contributed by atoms with Crippen molar-refractivity contribution in [1.29, 1.82) is 0 Å². The molecule has 0 fully saturated rings. The van der Waals surface area contributed by atoms with Gasteiger partial charge < -0.3 is 14.2 Å². The van der Waals surface area contributed by atoms with Gasteiger partial charge >= 0.3 is 5.97 Å². The molecule has 0 bridgehead atoms. The number of ether oxygens (including phenoxy) is 3. The van der Waals surface area contributed by atoms with Gasteiger partial charge in [0.25, 0.3) is 5.91 Å². The van der Waals surface area contributed by atoms with Crippen LogP contribution in [-0.4, -0.2) is 32.2 Å². The summed E-state index contributed by atoms with van der Waals surface area (Å²) in [5.74, 6) is 0.290. The summed E-state index contributed by atoms with van der Waals surface area (Å²) in [6.07, 6.45) is 1.68. The molecular weight excluding hydrogens is 394 g/mol. The number of hydrogen-bond donors (Lipinski definition) is 0. The minimum atomic E-state index is -0.611. The molecule has 0 N–H and O–H groups in total. The first-order chi connectivity index (χ1) is 15.2. The molecule has 0 atom stereocenters. The van der Waals surface area contributed by atoms with Gasteiger partial charge in [0.05, 0.1) is 18.5 Å². The van der Waals surface area contributed by atoms with E-state index in [1.165, 1.54) is 0 Å². The van der Waals surface area contributed by atoms with Crippen LogP contribution >= 0.6 is 0 Å². The highest BCUT2D eigenvalue weighted by atomic mass is 16.6. The summed E-state index contributed by atoms with van der Waals surface area (Å²) in [4.78, 5) is 26.9. The highest BCUT2D eigenvalue weighted by Gasteiger charge is 2.26. The summed E-state index contributed by atoms with van der Waals surface area (Å²) in [5, 5.41) is 0. The van der Waals surface area contributed by atoms with E-state index in [-0.39, 0.29) is 19.1 Å². The van der Waals surface area contributed by atoms with Crippen LogP contribution in [-0.2, 0) is 27.2 Å². The van der Waals surface area contributed by atoms with Gasteiger partial charge in [-0.2, -0.15) is 0 Å². The monoisotopic (exact) mass is 417 g/mol. The Morgan fingerprint density at radius 1 is 0.774 bits per heavy atom. The summed E-state index contributed by atoms with van der Waals surface area (Å²) in [5.41, 5.74) is 3.81. The number of hydrogen-bond acceptors (Lipinski definition) is 5. The molecule has 1 amide bonds. The number of methoxy groups -OCH3 is 1. The lowest BCUT2D eigenvalue weighted by molar-refractivity contribution is -0.149. The summed E-state index contributed by atoms with van der Waals surface area (Å²) in [6.45, 7) is -0.653. The summed E-state index contributed by atoms with van der Waals surface area (Å²) in [6, 6.07) is 22.5. The summed E-state index contributed by atoms with van der Waals surface area (Å²) < 4.78 is 15.7. The second-order valence-electron chi connectivity index (χ2n) is 7.11. The SMILES string of the molecule is COc1ccc(OCC(=O)OCC(=O)N2c3ccccc3CCc3ccccc32)cc1. The van der Waals surface area contributed by atoms with Crippen LogP contribution in [0.2, 0.25) is 0 Å². The Kier molecular flexibility index (Phi) is 6.17. The zero-order valence-corrected chi connectivity index (χ0v) is 17.2. The molecule has 1 aliphatic heterocycles. The Hall–Kier alpha value is -3.80. The number of para-hydroxylation sites is 2. The van der Waals surface area contributed by atoms with Crippen LogP contribution in [0.1, 0.15) is 11.1 Å². The lowest BCUT2D eigenvalue weighted by atomic mass is 10.0. The van der Waals surface area contributed by atoms with E-state index in [1.807, 2.05) is 48.5 Å². The zero-order chi connectivity index (χ0) is 21.6. The molecule has 6 heteroatoms. The van der Waals surface area contributed by atoms with Crippen LogP contribution in [0.5, 0.6) is 11.5 Å². The number of aryl methyl sites for hydroxylation is 2. The van der Waals surface area contributed by atoms with Gasteiger partial charge in [0.2, 0.25) is 0 Å². The Morgan fingerprint density at radius 3 is 1.90 bits per heavy atom. The molecule has 0 spiro atoms. The zero-order valence-electron chi connectivity index (χ0n) is 17.2. The Morgan fingerprint density at radius 2 is 1.32 bits per heavy atom. The van der Waals surface area contributed by atoms with E-state index in [4.69, 9.17) is 14.2 Å². The number of carbonyl (C=O) groups excluding carboxylic acids is 2. The van der Waals surface area contributed by atoms with Crippen molar-refractivity contribution < 1.29 is 23.8 Å². The van der Waals surface area contributed by atoms with Crippen molar-refractivity contribution >= 4 is 23.3 Å². The van der Waals surface area contributed by atoms with E-state index in [0.29, 0.717) is 11.5 Å². The van der Waals surface area contributed by atoms with Gasteiger partial charge in [-0.05, 0) is 60.4 Å². The first-order valence-corrected chi connectivity index (χ1v) is 10.1. The summed E-state index contributed by atoms with van der Waals surface area (Å²) >= 11 is 0. The van der Waals surface area contributed by atoms with Gasteiger partial charge in [0.1, 0.15) is 11.5 Å². The molecule has 31 heavy (non-hydrogen) atoms. The highest BCUT2D eigenvalue weighted by Crippen LogP contribution is 2.35. The predicted octanol–water partition coefficient (Wildman–Crippen LogP) is 4.08. The van der Waals surface area contributed by atoms with Crippen molar-refractivity contribution in [3.63, 3.8) is 0 Å². The first kappa shape index (κ1) is 20.5. The quantitative estimate of drug-likeness (QED) is 0.566. The number of esters is 1. The Labute approximate surface area is 181 Å². The van der Waals surface area contributed by atoms with Gasteiger partial charge in [-0.3, -0.25) is 9.69 Å². The molecule has 0 aromatic heterocycles. The number of fused-ring (bicyclic) bond motifs is 2. The van der Waals surface area contributed by atoms with E-state index < -0.39 is 5.97 Å². The second kappa shape index (κ2) is 9.34. The van der Waals surface area contributed by atoms with Crippen molar-refractivity contribution in [2.75, 3.05) is 25.2 Å². The van der Waals surface area contributed by atoms with Crippen LogP contribution in [0.3, 0.4) is 0 Å². The largest absolute Gasteiger partial charge is 0.497 e.